The van der Waals surface area contributed by atoms with Crippen LogP contribution in [0.2, 0.25) is 0 Å². The Hall–Kier alpha value is -2.73. The Kier molecular flexibility index (Phi) is 7.57. The summed E-state index contributed by atoms with van der Waals surface area (Å²) in [4.78, 5) is 16.1. The molecule has 4 rings (SSSR count). The summed E-state index contributed by atoms with van der Waals surface area (Å²) in [5.74, 6) is -1.000. The molecule has 1 saturated heterocycles. The maximum atomic E-state index is 14.0. The third-order valence-corrected chi connectivity index (χ3v) is 5.51. The maximum Gasteiger partial charge on any atom is 0.318 e. The Morgan fingerprint density at radius 3 is 2.33 bits per heavy atom. The molecule has 0 aromatic heterocycles. The molecule has 160 valence electrons. The van der Waals surface area contributed by atoms with Crippen LogP contribution in [0.1, 0.15) is 36.4 Å². The number of nitrogens with zero attached hydrogens (tertiary/aromatic N) is 2. The number of hydrogen-bond acceptors (Lipinski definition) is 2. The molecule has 2 aromatic rings. The monoisotopic (exact) mass is 413 g/mol. The molecule has 0 spiro atoms. The average molecular weight is 414 g/mol. The number of amides is 2. The van der Waals surface area contributed by atoms with Gasteiger partial charge in [0.1, 0.15) is 11.6 Å². The minimum absolute atomic E-state index is 0.192. The van der Waals surface area contributed by atoms with E-state index in [1.807, 2.05) is 36.4 Å². The molecule has 1 fully saturated rings. The van der Waals surface area contributed by atoms with E-state index in [-0.39, 0.29) is 24.2 Å². The van der Waals surface area contributed by atoms with Crippen LogP contribution in [-0.2, 0) is 0 Å². The number of likely N-dealkylation sites (tertiary alicyclic amines) is 1. The predicted octanol–water partition coefficient (Wildman–Crippen LogP) is 4.85. The fraction of sp³-hybridized carbons (Fsp3) is 0.375. The highest BCUT2D eigenvalue weighted by Crippen LogP contribution is 2.35. The first-order valence-electron chi connectivity index (χ1n) is 10.4. The summed E-state index contributed by atoms with van der Waals surface area (Å²) in [6.45, 7) is 2.86. The zero-order chi connectivity index (χ0) is 21.5. The molecular weight excluding hydrogens is 384 g/mol. The van der Waals surface area contributed by atoms with E-state index in [9.17, 15) is 13.6 Å². The molecule has 0 aliphatic carbocycles. The number of urea groups is 1. The molecule has 1 N–H and O–H groups in total. The lowest BCUT2D eigenvalue weighted by molar-refractivity contribution is 0.200. The summed E-state index contributed by atoms with van der Waals surface area (Å²) >= 11 is 0. The van der Waals surface area contributed by atoms with Crippen molar-refractivity contribution in [3.05, 3.63) is 77.4 Å². The minimum atomic E-state index is -0.503. The zero-order valence-corrected chi connectivity index (χ0v) is 17.6. The first-order chi connectivity index (χ1) is 14.5. The van der Waals surface area contributed by atoms with Gasteiger partial charge in [-0.05, 0) is 62.3 Å². The number of rotatable bonds is 2. The highest BCUT2D eigenvalue weighted by Gasteiger charge is 2.31. The number of benzene rings is 2. The molecule has 0 bridgehead atoms. The molecule has 1 atom stereocenters. The van der Waals surface area contributed by atoms with E-state index >= 15 is 0 Å². The third-order valence-electron chi connectivity index (χ3n) is 5.51. The SMILES string of the molecule is CN1CCCCC1.CNC(=O)N1CC(c2cc(F)ccc2F)=C[C@H]1c1ccccc1. The van der Waals surface area contributed by atoms with Crippen molar-refractivity contribution >= 4 is 11.6 Å². The quantitative estimate of drug-likeness (QED) is 0.764. The molecule has 0 unspecified atom stereocenters. The summed E-state index contributed by atoms with van der Waals surface area (Å²) in [7, 11) is 3.74. The van der Waals surface area contributed by atoms with Gasteiger partial charge in [-0.2, -0.15) is 0 Å². The van der Waals surface area contributed by atoms with Gasteiger partial charge >= 0.3 is 6.03 Å². The van der Waals surface area contributed by atoms with Crippen LogP contribution in [0.15, 0.2) is 54.6 Å². The summed E-state index contributed by atoms with van der Waals surface area (Å²) < 4.78 is 27.5. The molecule has 2 aliphatic heterocycles. The highest BCUT2D eigenvalue weighted by atomic mass is 19.1. The number of carbonyl (C=O) groups is 1. The van der Waals surface area contributed by atoms with Gasteiger partial charge < -0.3 is 15.1 Å². The second kappa shape index (κ2) is 10.3. The minimum Gasteiger partial charge on any atom is -0.341 e. The van der Waals surface area contributed by atoms with Crippen LogP contribution in [0.25, 0.3) is 5.57 Å². The van der Waals surface area contributed by atoms with Crippen molar-refractivity contribution in [1.82, 2.24) is 15.1 Å². The van der Waals surface area contributed by atoms with Crippen molar-refractivity contribution < 1.29 is 13.6 Å². The molecule has 2 aromatic carbocycles. The fourth-order valence-electron chi connectivity index (χ4n) is 3.85. The van der Waals surface area contributed by atoms with Crippen molar-refractivity contribution in [2.45, 2.75) is 25.3 Å². The molecule has 0 radical (unpaired) electrons. The average Bonchev–Trinajstić information content (AvgIpc) is 3.22. The smallest absolute Gasteiger partial charge is 0.318 e. The predicted molar refractivity (Wildman–Crippen MR) is 116 cm³/mol. The van der Waals surface area contributed by atoms with Gasteiger partial charge in [0.25, 0.3) is 0 Å². The summed E-state index contributed by atoms with van der Waals surface area (Å²) in [6, 6.07) is 12.2. The van der Waals surface area contributed by atoms with Gasteiger partial charge in [-0.3, -0.25) is 0 Å². The lowest BCUT2D eigenvalue weighted by Gasteiger charge is -2.24. The largest absolute Gasteiger partial charge is 0.341 e. The Morgan fingerprint density at radius 1 is 1.03 bits per heavy atom. The summed E-state index contributed by atoms with van der Waals surface area (Å²) in [5.41, 5.74) is 1.71. The van der Waals surface area contributed by atoms with Crippen LogP contribution >= 0.6 is 0 Å². The van der Waals surface area contributed by atoms with Gasteiger partial charge in [-0.25, -0.2) is 13.6 Å². The summed E-state index contributed by atoms with van der Waals surface area (Å²) in [6.07, 6.45) is 6.08. The molecule has 6 heteroatoms. The molecule has 30 heavy (non-hydrogen) atoms. The van der Waals surface area contributed by atoms with Gasteiger partial charge in [-0.1, -0.05) is 42.8 Å². The van der Waals surface area contributed by atoms with Crippen molar-refractivity contribution in [1.29, 1.82) is 0 Å². The third kappa shape index (κ3) is 5.45. The Bertz CT molecular complexity index is 879. The van der Waals surface area contributed by atoms with E-state index in [0.717, 1.165) is 23.8 Å². The van der Waals surface area contributed by atoms with Crippen molar-refractivity contribution in [2.75, 3.05) is 33.7 Å². The van der Waals surface area contributed by atoms with Crippen LogP contribution in [0.4, 0.5) is 13.6 Å². The normalized spacial score (nSPS) is 19.0. The van der Waals surface area contributed by atoms with E-state index in [1.165, 1.54) is 32.4 Å². The second-order valence-corrected chi connectivity index (χ2v) is 7.72. The maximum absolute atomic E-state index is 14.0. The van der Waals surface area contributed by atoms with E-state index in [2.05, 4.69) is 17.3 Å². The number of carbonyl (C=O) groups excluding carboxylic acids is 1. The van der Waals surface area contributed by atoms with Crippen molar-refractivity contribution in [3.63, 3.8) is 0 Å². The molecule has 4 nitrogen and oxygen atoms in total. The zero-order valence-electron chi connectivity index (χ0n) is 17.6. The Labute approximate surface area is 177 Å². The Balaban J connectivity index is 0.000000310. The van der Waals surface area contributed by atoms with Crippen LogP contribution in [0, 0.1) is 11.6 Å². The Morgan fingerprint density at radius 2 is 1.73 bits per heavy atom. The van der Waals surface area contributed by atoms with Gasteiger partial charge in [0.05, 0.1) is 6.04 Å². The van der Waals surface area contributed by atoms with Gasteiger partial charge in [0, 0.05) is 19.2 Å². The summed E-state index contributed by atoms with van der Waals surface area (Å²) in [5, 5.41) is 2.59. The fourth-order valence-corrected chi connectivity index (χ4v) is 3.85. The van der Waals surface area contributed by atoms with Crippen LogP contribution in [0.3, 0.4) is 0 Å². The van der Waals surface area contributed by atoms with Gasteiger partial charge in [0.15, 0.2) is 0 Å². The number of halogens is 2. The number of hydrogen-bond donors (Lipinski definition) is 1. The van der Waals surface area contributed by atoms with E-state index < -0.39 is 11.6 Å². The molecule has 2 heterocycles. The van der Waals surface area contributed by atoms with Gasteiger partial charge in [0.2, 0.25) is 0 Å². The number of nitrogens with one attached hydrogen (secondary N) is 1. The van der Waals surface area contributed by atoms with Gasteiger partial charge in [-0.15, -0.1) is 0 Å². The highest BCUT2D eigenvalue weighted by molar-refractivity contribution is 5.81. The van der Waals surface area contributed by atoms with Crippen LogP contribution in [0.5, 0.6) is 0 Å². The van der Waals surface area contributed by atoms with Crippen LogP contribution in [-0.4, -0.2) is 49.6 Å². The topological polar surface area (TPSA) is 35.6 Å². The number of piperidine rings is 1. The first-order valence-corrected chi connectivity index (χ1v) is 10.4. The molecule has 2 aliphatic rings. The molecule has 2 amide bonds. The first kappa shape index (κ1) is 22.0. The van der Waals surface area contributed by atoms with E-state index in [1.54, 1.807) is 11.9 Å². The van der Waals surface area contributed by atoms with Crippen LogP contribution < -0.4 is 5.32 Å². The lowest BCUT2D eigenvalue weighted by atomic mass is 10.0. The van der Waals surface area contributed by atoms with Crippen molar-refractivity contribution in [3.8, 4) is 0 Å². The molecular formula is C24H29F2N3O. The standard InChI is InChI=1S/C18H16F2N2O.C6H13N/c1-21-18(23)22-11-13(15-10-14(19)7-8-16(15)20)9-17(22)12-5-3-2-4-6-12;1-7-5-3-2-4-6-7/h2-10,17H,11H2,1H3,(H,21,23);2-6H2,1H3/t17-;/m0./s1. The molecule has 0 saturated carbocycles. The lowest BCUT2D eigenvalue weighted by Crippen LogP contribution is -2.38. The van der Waals surface area contributed by atoms with E-state index in [4.69, 9.17) is 0 Å². The van der Waals surface area contributed by atoms with E-state index in [0.29, 0.717) is 5.57 Å². The second-order valence-electron chi connectivity index (χ2n) is 7.72. The van der Waals surface area contributed by atoms with Crippen molar-refractivity contribution in [2.24, 2.45) is 0 Å².